The number of amides is 2. The Balaban J connectivity index is 1.33. The predicted molar refractivity (Wildman–Crippen MR) is 125 cm³/mol. The molecule has 1 aromatic heterocycles. The molecule has 7 heteroatoms. The van der Waals surface area contributed by atoms with Gasteiger partial charge in [-0.25, -0.2) is 0 Å². The summed E-state index contributed by atoms with van der Waals surface area (Å²) in [5.74, 6) is 0.864. The fourth-order valence-corrected chi connectivity index (χ4v) is 4.83. The highest BCUT2D eigenvalue weighted by Gasteiger charge is 2.38. The van der Waals surface area contributed by atoms with Gasteiger partial charge in [0, 0.05) is 57.7 Å². The van der Waals surface area contributed by atoms with Crippen molar-refractivity contribution in [1.29, 1.82) is 0 Å². The summed E-state index contributed by atoms with van der Waals surface area (Å²) in [6.07, 6.45) is 6.01. The van der Waals surface area contributed by atoms with E-state index in [1.165, 1.54) is 5.69 Å². The first-order valence-electron chi connectivity index (χ1n) is 11.3. The molecule has 1 unspecified atom stereocenters. The Morgan fingerprint density at radius 1 is 1.19 bits per heavy atom. The largest absolute Gasteiger partial charge is 0.495 e. The number of anilines is 2. The number of ether oxygens (including phenoxy) is 1. The number of piperidine rings is 1. The molecule has 0 spiro atoms. The van der Waals surface area contributed by atoms with Gasteiger partial charge in [0.2, 0.25) is 11.8 Å². The van der Waals surface area contributed by atoms with Gasteiger partial charge in [0.1, 0.15) is 5.75 Å². The van der Waals surface area contributed by atoms with Crippen molar-refractivity contribution < 1.29 is 14.3 Å². The van der Waals surface area contributed by atoms with Gasteiger partial charge in [0.05, 0.1) is 18.7 Å². The monoisotopic (exact) mass is 436 g/mol. The number of hydrogen-bond acceptors (Lipinski definition) is 5. The summed E-state index contributed by atoms with van der Waals surface area (Å²) in [4.78, 5) is 35.9. The summed E-state index contributed by atoms with van der Waals surface area (Å²) in [6.45, 7) is 5.10. The molecule has 0 saturated carbocycles. The van der Waals surface area contributed by atoms with Crippen molar-refractivity contribution in [1.82, 2.24) is 9.88 Å². The zero-order chi connectivity index (χ0) is 22.7. The van der Waals surface area contributed by atoms with Gasteiger partial charge < -0.3 is 19.4 Å². The molecule has 0 bridgehead atoms. The number of aryl methyl sites for hydroxylation is 1. The van der Waals surface area contributed by atoms with Crippen molar-refractivity contribution in [2.75, 3.05) is 50.1 Å². The quantitative estimate of drug-likeness (QED) is 0.696. The van der Waals surface area contributed by atoms with Gasteiger partial charge in [-0.3, -0.25) is 14.6 Å². The minimum atomic E-state index is -0.311. The van der Waals surface area contributed by atoms with E-state index in [9.17, 15) is 9.59 Å². The number of rotatable bonds is 6. The second-order valence-electron chi connectivity index (χ2n) is 8.94. The third-order valence-electron chi connectivity index (χ3n) is 6.65. The second-order valence-corrected chi connectivity index (χ2v) is 8.94. The van der Waals surface area contributed by atoms with Crippen molar-refractivity contribution in [2.24, 2.45) is 11.8 Å². The van der Waals surface area contributed by atoms with Crippen LogP contribution >= 0.6 is 0 Å². The highest BCUT2D eigenvalue weighted by atomic mass is 16.5. The molecule has 1 atom stereocenters. The van der Waals surface area contributed by atoms with Gasteiger partial charge in [-0.15, -0.1) is 0 Å². The summed E-state index contributed by atoms with van der Waals surface area (Å²) < 4.78 is 5.45. The van der Waals surface area contributed by atoms with Crippen LogP contribution in [0.5, 0.6) is 5.75 Å². The lowest BCUT2D eigenvalue weighted by atomic mass is 9.95. The maximum absolute atomic E-state index is 13.1. The average Bonchev–Trinajstić information content (AvgIpc) is 3.21. The van der Waals surface area contributed by atoms with Crippen LogP contribution in [0.3, 0.4) is 0 Å². The number of pyridine rings is 1. The third kappa shape index (κ3) is 4.71. The highest BCUT2D eigenvalue weighted by Crippen LogP contribution is 2.34. The summed E-state index contributed by atoms with van der Waals surface area (Å²) in [5.41, 5.74) is 3.01. The molecule has 4 rings (SSSR count). The molecule has 0 aliphatic carbocycles. The smallest absolute Gasteiger partial charge is 0.227 e. The molecule has 0 N–H and O–H groups in total. The van der Waals surface area contributed by atoms with E-state index in [2.05, 4.69) is 9.88 Å². The molecule has 2 aliphatic rings. The first-order valence-corrected chi connectivity index (χ1v) is 11.3. The SMILES string of the molecule is COc1ccc(C)cc1N1CC(C(=O)N(C)CC2CCN(c3ccncc3)CC2)CC1=O. The van der Waals surface area contributed by atoms with Crippen LogP contribution in [-0.2, 0) is 9.59 Å². The molecule has 7 nitrogen and oxygen atoms in total. The Bertz CT molecular complexity index is 957. The number of hydrogen-bond donors (Lipinski definition) is 0. The molecular weight excluding hydrogens is 404 g/mol. The van der Waals surface area contributed by atoms with Crippen LogP contribution in [0.1, 0.15) is 24.8 Å². The maximum Gasteiger partial charge on any atom is 0.227 e. The van der Waals surface area contributed by atoms with Crippen molar-refractivity contribution >= 4 is 23.2 Å². The number of aromatic nitrogens is 1. The Morgan fingerprint density at radius 2 is 1.91 bits per heavy atom. The molecule has 2 fully saturated rings. The number of nitrogens with zero attached hydrogens (tertiary/aromatic N) is 4. The van der Waals surface area contributed by atoms with Crippen molar-refractivity contribution in [2.45, 2.75) is 26.2 Å². The fraction of sp³-hybridized carbons (Fsp3) is 0.480. The van der Waals surface area contributed by atoms with Crippen LogP contribution in [0.2, 0.25) is 0 Å². The Kier molecular flexibility index (Phi) is 6.63. The lowest BCUT2D eigenvalue weighted by molar-refractivity contribution is -0.135. The molecule has 2 saturated heterocycles. The van der Waals surface area contributed by atoms with Crippen LogP contribution in [-0.4, -0.2) is 62.0 Å². The number of benzene rings is 1. The van der Waals surface area contributed by atoms with E-state index in [1.54, 1.807) is 12.0 Å². The normalized spacial score (nSPS) is 19.3. The summed E-state index contributed by atoms with van der Waals surface area (Å²) in [7, 11) is 3.48. The molecule has 2 amide bonds. The number of carbonyl (C=O) groups excluding carboxylic acids is 2. The molecule has 32 heavy (non-hydrogen) atoms. The van der Waals surface area contributed by atoms with E-state index in [0.29, 0.717) is 18.2 Å². The summed E-state index contributed by atoms with van der Waals surface area (Å²) >= 11 is 0. The Morgan fingerprint density at radius 3 is 2.59 bits per heavy atom. The molecular formula is C25H32N4O3. The van der Waals surface area contributed by atoms with Crippen molar-refractivity contribution in [3.05, 3.63) is 48.3 Å². The van der Waals surface area contributed by atoms with Gasteiger partial charge in [-0.05, 0) is 55.5 Å². The highest BCUT2D eigenvalue weighted by molar-refractivity contribution is 6.01. The van der Waals surface area contributed by atoms with E-state index in [-0.39, 0.29) is 24.2 Å². The van der Waals surface area contributed by atoms with Gasteiger partial charge >= 0.3 is 0 Å². The lowest BCUT2D eigenvalue weighted by Crippen LogP contribution is -2.41. The van der Waals surface area contributed by atoms with Gasteiger partial charge in [-0.1, -0.05) is 6.07 Å². The van der Waals surface area contributed by atoms with Gasteiger partial charge in [0.25, 0.3) is 0 Å². The zero-order valence-corrected chi connectivity index (χ0v) is 19.2. The lowest BCUT2D eigenvalue weighted by Gasteiger charge is -2.35. The van der Waals surface area contributed by atoms with Crippen LogP contribution in [0.15, 0.2) is 42.7 Å². The van der Waals surface area contributed by atoms with E-state index >= 15 is 0 Å². The Hall–Kier alpha value is -3.09. The molecule has 2 aliphatic heterocycles. The van der Waals surface area contributed by atoms with Crippen LogP contribution < -0.4 is 14.5 Å². The second kappa shape index (κ2) is 9.59. The molecule has 170 valence electrons. The molecule has 2 aromatic rings. The maximum atomic E-state index is 13.1. The number of methoxy groups -OCH3 is 1. The molecule has 0 radical (unpaired) electrons. The standard InChI is InChI=1S/C25H32N4O3/c1-18-4-5-23(32-3)22(14-18)29-17-20(15-24(29)30)25(31)27(2)16-19-8-12-28(13-9-19)21-6-10-26-11-7-21/h4-7,10-11,14,19-20H,8-9,12-13,15-17H2,1-3H3. The summed E-state index contributed by atoms with van der Waals surface area (Å²) in [5, 5.41) is 0. The zero-order valence-electron chi connectivity index (χ0n) is 19.2. The predicted octanol–water partition coefficient (Wildman–Crippen LogP) is 3.13. The third-order valence-corrected chi connectivity index (χ3v) is 6.65. The van der Waals surface area contributed by atoms with Gasteiger partial charge in [0.15, 0.2) is 0 Å². The summed E-state index contributed by atoms with van der Waals surface area (Å²) in [6, 6.07) is 9.87. The first kappa shape index (κ1) is 22.1. The van der Waals surface area contributed by atoms with E-state index in [0.717, 1.165) is 43.7 Å². The van der Waals surface area contributed by atoms with Crippen LogP contribution in [0.25, 0.3) is 0 Å². The minimum absolute atomic E-state index is 0.0219. The van der Waals surface area contributed by atoms with Crippen molar-refractivity contribution in [3.8, 4) is 5.75 Å². The first-order chi connectivity index (χ1) is 15.5. The minimum Gasteiger partial charge on any atom is -0.495 e. The van der Waals surface area contributed by atoms with Crippen LogP contribution in [0, 0.1) is 18.8 Å². The average molecular weight is 437 g/mol. The number of carbonyl (C=O) groups is 2. The van der Waals surface area contributed by atoms with Crippen molar-refractivity contribution in [3.63, 3.8) is 0 Å². The molecule has 1 aromatic carbocycles. The Labute approximate surface area is 190 Å². The fourth-order valence-electron chi connectivity index (χ4n) is 4.83. The molecule has 3 heterocycles. The van der Waals surface area contributed by atoms with Gasteiger partial charge in [-0.2, -0.15) is 0 Å². The van der Waals surface area contributed by atoms with E-state index in [1.807, 2.05) is 61.6 Å². The van der Waals surface area contributed by atoms with E-state index < -0.39 is 0 Å². The van der Waals surface area contributed by atoms with E-state index in [4.69, 9.17) is 4.74 Å². The van der Waals surface area contributed by atoms with Crippen LogP contribution in [0.4, 0.5) is 11.4 Å². The topological polar surface area (TPSA) is 66.0 Å².